The lowest BCUT2D eigenvalue weighted by atomic mass is 10.0. The van der Waals surface area contributed by atoms with Crippen molar-refractivity contribution in [3.63, 3.8) is 0 Å². The summed E-state index contributed by atoms with van der Waals surface area (Å²) in [6.07, 6.45) is 6.44. The minimum atomic E-state index is 0.402. The summed E-state index contributed by atoms with van der Waals surface area (Å²) in [5.74, 6) is 2.32. The zero-order chi connectivity index (χ0) is 13.9. The zero-order valence-electron chi connectivity index (χ0n) is 11.9. The minimum Gasteiger partial charge on any atom is -0.377 e. The quantitative estimate of drug-likeness (QED) is 0.919. The van der Waals surface area contributed by atoms with Crippen molar-refractivity contribution in [1.29, 1.82) is 0 Å². The van der Waals surface area contributed by atoms with E-state index in [4.69, 9.17) is 4.74 Å². The van der Waals surface area contributed by atoms with Crippen LogP contribution >= 0.6 is 0 Å². The van der Waals surface area contributed by atoms with Gasteiger partial charge in [0.1, 0.15) is 24.6 Å². The summed E-state index contributed by atoms with van der Waals surface area (Å²) >= 11 is 0. The first kappa shape index (κ1) is 13.1. The number of hydrogen-bond donors (Lipinski definition) is 1. The molecule has 0 aliphatic heterocycles. The predicted molar refractivity (Wildman–Crippen MR) is 76.1 cm³/mol. The predicted octanol–water partition coefficient (Wildman–Crippen LogP) is 1.73. The first-order valence-electron chi connectivity index (χ1n) is 6.92. The molecule has 2 heterocycles. The zero-order valence-corrected chi connectivity index (χ0v) is 11.9. The third-order valence-electron chi connectivity index (χ3n) is 3.57. The van der Waals surface area contributed by atoms with Gasteiger partial charge < -0.3 is 10.1 Å². The monoisotopic (exact) mass is 273 g/mol. The van der Waals surface area contributed by atoms with Gasteiger partial charge in [-0.05, 0) is 25.7 Å². The normalized spacial score (nSPS) is 14.1. The van der Waals surface area contributed by atoms with Gasteiger partial charge in [0.2, 0.25) is 0 Å². The van der Waals surface area contributed by atoms with Crippen molar-refractivity contribution < 1.29 is 4.74 Å². The maximum Gasteiger partial charge on any atom is 0.158 e. The van der Waals surface area contributed by atoms with E-state index < -0.39 is 0 Å². The lowest BCUT2D eigenvalue weighted by Gasteiger charge is -2.14. The molecule has 0 radical (unpaired) electrons. The molecular weight excluding hydrogens is 254 g/mol. The van der Waals surface area contributed by atoms with Gasteiger partial charge >= 0.3 is 0 Å². The molecule has 0 atom stereocenters. The molecule has 0 amide bonds. The molecule has 0 spiro atoms. The smallest absolute Gasteiger partial charge is 0.158 e. The van der Waals surface area contributed by atoms with Crippen LogP contribution in [0.5, 0.6) is 0 Å². The summed E-state index contributed by atoms with van der Waals surface area (Å²) in [6, 6.07) is 1.94. The molecule has 6 nitrogen and oxygen atoms in total. The van der Waals surface area contributed by atoms with Gasteiger partial charge in [0, 0.05) is 25.9 Å². The van der Waals surface area contributed by atoms with Crippen molar-refractivity contribution in [2.45, 2.75) is 32.3 Å². The number of imidazole rings is 1. The molecule has 0 unspecified atom stereocenters. The van der Waals surface area contributed by atoms with Crippen LogP contribution in [0, 0.1) is 0 Å². The van der Waals surface area contributed by atoms with E-state index >= 15 is 0 Å². The molecule has 3 rings (SSSR count). The summed E-state index contributed by atoms with van der Waals surface area (Å²) in [5, 5.41) is 3.07. The third-order valence-corrected chi connectivity index (χ3v) is 3.57. The van der Waals surface area contributed by atoms with E-state index in [1.165, 1.54) is 24.2 Å². The van der Waals surface area contributed by atoms with Crippen molar-refractivity contribution >= 4 is 5.82 Å². The average Bonchev–Trinajstić information content (AvgIpc) is 2.91. The molecule has 0 bridgehead atoms. The highest BCUT2D eigenvalue weighted by atomic mass is 16.5. The molecule has 2 aromatic rings. The number of rotatable bonds is 4. The molecule has 0 saturated carbocycles. The Morgan fingerprint density at radius 3 is 2.95 bits per heavy atom. The molecule has 0 fully saturated rings. The highest BCUT2D eigenvalue weighted by molar-refractivity contribution is 5.42. The van der Waals surface area contributed by atoms with Crippen LogP contribution in [-0.2, 0) is 24.2 Å². The highest BCUT2D eigenvalue weighted by Crippen LogP contribution is 2.23. The Kier molecular flexibility index (Phi) is 3.64. The summed E-state index contributed by atoms with van der Waals surface area (Å²) < 4.78 is 7.21. The summed E-state index contributed by atoms with van der Waals surface area (Å²) in [4.78, 5) is 13.5. The Morgan fingerprint density at radius 1 is 1.30 bits per heavy atom. The maximum atomic E-state index is 5.13. The van der Waals surface area contributed by atoms with Crippen LogP contribution in [0.2, 0.25) is 0 Å². The van der Waals surface area contributed by atoms with E-state index in [-0.39, 0.29) is 0 Å². The van der Waals surface area contributed by atoms with Gasteiger partial charge in [-0.2, -0.15) is 0 Å². The number of ether oxygens (including phenoxy) is 1. The maximum absolute atomic E-state index is 5.13. The van der Waals surface area contributed by atoms with Crippen LogP contribution in [0.25, 0.3) is 5.82 Å². The molecule has 0 saturated heterocycles. The fourth-order valence-corrected chi connectivity index (χ4v) is 2.59. The molecule has 1 aliphatic rings. The highest BCUT2D eigenvalue weighted by Gasteiger charge is 2.17. The number of nitrogens with zero attached hydrogens (tertiary/aromatic N) is 4. The number of anilines is 1. The topological polar surface area (TPSA) is 64.9 Å². The average molecular weight is 273 g/mol. The number of aryl methyl sites for hydroxylation is 1. The summed E-state index contributed by atoms with van der Waals surface area (Å²) in [5.41, 5.74) is 2.48. The van der Waals surface area contributed by atoms with Gasteiger partial charge in [-0.1, -0.05) is 0 Å². The molecule has 20 heavy (non-hydrogen) atoms. The third kappa shape index (κ3) is 2.38. The number of hydrogen-bond acceptors (Lipinski definition) is 5. The molecule has 6 heteroatoms. The standard InChI is InChI=1S/C14H19N5O/c1-15-12-7-14(18-13(17-12)8-20-2)19-9-16-10-5-3-4-6-11(10)19/h7,9H,3-6,8H2,1-2H3,(H,15,17,18). The van der Waals surface area contributed by atoms with E-state index in [0.717, 1.165) is 24.5 Å². The lowest BCUT2D eigenvalue weighted by molar-refractivity contribution is 0.178. The minimum absolute atomic E-state index is 0.402. The second-order valence-electron chi connectivity index (χ2n) is 4.93. The van der Waals surface area contributed by atoms with E-state index in [2.05, 4.69) is 24.8 Å². The Bertz CT molecular complexity index is 608. The van der Waals surface area contributed by atoms with Gasteiger partial charge in [0.15, 0.2) is 5.82 Å². The van der Waals surface area contributed by atoms with E-state index in [9.17, 15) is 0 Å². The van der Waals surface area contributed by atoms with Crippen molar-refractivity contribution in [3.8, 4) is 5.82 Å². The molecule has 2 aromatic heterocycles. The second-order valence-corrected chi connectivity index (χ2v) is 4.93. The van der Waals surface area contributed by atoms with Crippen LogP contribution in [0.15, 0.2) is 12.4 Å². The van der Waals surface area contributed by atoms with Gasteiger partial charge in [-0.25, -0.2) is 15.0 Å². The molecular formula is C14H19N5O. The summed E-state index contributed by atoms with van der Waals surface area (Å²) in [7, 11) is 3.50. The Labute approximate surface area is 118 Å². The van der Waals surface area contributed by atoms with E-state index in [1.807, 2.05) is 19.4 Å². The van der Waals surface area contributed by atoms with Crippen molar-refractivity contribution in [2.24, 2.45) is 0 Å². The van der Waals surface area contributed by atoms with Crippen molar-refractivity contribution in [2.75, 3.05) is 19.5 Å². The van der Waals surface area contributed by atoms with Crippen LogP contribution in [0.1, 0.15) is 30.1 Å². The summed E-state index contributed by atoms with van der Waals surface area (Å²) in [6.45, 7) is 0.402. The SMILES string of the molecule is CNc1cc(-n2cnc3c2CCCC3)nc(COC)n1. The fraction of sp³-hybridized carbons (Fsp3) is 0.500. The van der Waals surface area contributed by atoms with E-state index in [1.54, 1.807) is 7.11 Å². The second kappa shape index (κ2) is 5.58. The van der Waals surface area contributed by atoms with Gasteiger partial charge in [-0.3, -0.25) is 4.57 Å². The van der Waals surface area contributed by atoms with Gasteiger partial charge in [-0.15, -0.1) is 0 Å². The first-order valence-corrected chi connectivity index (χ1v) is 6.92. The van der Waals surface area contributed by atoms with Gasteiger partial charge in [0.05, 0.1) is 5.69 Å². The molecule has 0 aromatic carbocycles. The van der Waals surface area contributed by atoms with Crippen LogP contribution in [0.3, 0.4) is 0 Å². The number of methoxy groups -OCH3 is 1. The Morgan fingerprint density at radius 2 is 2.15 bits per heavy atom. The Balaban J connectivity index is 2.04. The Hall–Kier alpha value is -1.95. The van der Waals surface area contributed by atoms with Crippen molar-refractivity contribution in [3.05, 3.63) is 29.6 Å². The molecule has 106 valence electrons. The fourth-order valence-electron chi connectivity index (χ4n) is 2.59. The van der Waals surface area contributed by atoms with Crippen molar-refractivity contribution in [1.82, 2.24) is 19.5 Å². The molecule has 1 aliphatic carbocycles. The number of aromatic nitrogens is 4. The first-order chi connectivity index (χ1) is 9.81. The van der Waals surface area contributed by atoms with Crippen LogP contribution < -0.4 is 5.32 Å². The van der Waals surface area contributed by atoms with Gasteiger partial charge in [0.25, 0.3) is 0 Å². The lowest BCUT2D eigenvalue weighted by Crippen LogP contribution is -2.10. The van der Waals surface area contributed by atoms with Crippen LogP contribution in [-0.4, -0.2) is 33.7 Å². The van der Waals surface area contributed by atoms with Crippen LogP contribution in [0.4, 0.5) is 5.82 Å². The largest absolute Gasteiger partial charge is 0.377 e. The number of nitrogens with one attached hydrogen (secondary N) is 1. The molecule has 1 N–H and O–H groups in total. The van der Waals surface area contributed by atoms with E-state index in [0.29, 0.717) is 12.4 Å². The number of fused-ring (bicyclic) bond motifs is 1.